The van der Waals surface area contributed by atoms with Crippen LogP contribution in [-0.4, -0.2) is 44.1 Å². The summed E-state index contributed by atoms with van der Waals surface area (Å²) in [4.78, 5) is -0.431. The summed E-state index contributed by atoms with van der Waals surface area (Å²) in [5.41, 5.74) is -0.455. The molecule has 0 bridgehead atoms. The fourth-order valence-corrected chi connectivity index (χ4v) is 2.84. The van der Waals surface area contributed by atoms with Crippen LogP contribution in [0, 0.1) is 0 Å². The number of anilines is 1. The second-order valence-electron chi connectivity index (χ2n) is 5.05. The van der Waals surface area contributed by atoms with Crippen LogP contribution in [0.5, 0.6) is 0 Å². The van der Waals surface area contributed by atoms with E-state index in [-0.39, 0.29) is 12.6 Å². The summed E-state index contributed by atoms with van der Waals surface area (Å²) in [6, 6.07) is 5.00. The van der Waals surface area contributed by atoms with Gasteiger partial charge in [-0.25, -0.2) is 8.42 Å². The summed E-state index contributed by atoms with van der Waals surface area (Å²) in [5.74, 6) is -3.44. The first-order valence-electron chi connectivity index (χ1n) is 6.46. The van der Waals surface area contributed by atoms with E-state index in [1.807, 2.05) is 0 Å². The lowest BCUT2D eigenvalue weighted by Crippen LogP contribution is -2.43. The van der Waals surface area contributed by atoms with Gasteiger partial charge in [0.15, 0.2) is 0 Å². The molecule has 21 heavy (non-hydrogen) atoms. The molecule has 0 spiro atoms. The molecule has 2 atom stereocenters. The number of hydrogen-bond acceptors (Lipinski definition) is 5. The lowest BCUT2D eigenvalue weighted by molar-refractivity contribution is -0.0175. The highest BCUT2D eigenvalue weighted by molar-refractivity contribution is 7.91. The summed E-state index contributed by atoms with van der Waals surface area (Å²) < 4.78 is 52.6. The minimum atomic E-state index is -4.58. The Balaban J connectivity index is 2.04. The number of ether oxygens (including phenoxy) is 1. The molecule has 2 N–H and O–H groups in total. The quantitative estimate of drug-likeness (QED) is 0.862. The highest BCUT2D eigenvalue weighted by Gasteiger charge is 2.39. The van der Waals surface area contributed by atoms with Gasteiger partial charge in [0.1, 0.15) is 5.60 Å². The summed E-state index contributed by atoms with van der Waals surface area (Å²) in [7, 11) is -4.58. The third-order valence-corrected chi connectivity index (χ3v) is 5.07. The van der Waals surface area contributed by atoms with E-state index in [1.165, 1.54) is 12.1 Å². The monoisotopic (exact) mass is 321 g/mol. The molecule has 1 aliphatic rings. The molecule has 2 unspecified atom stereocenters. The number of nitrogens with one attached hydrogen (secondary N) is 1. The molecule has 1 fully saturated rings. The van der Waals surface area contributed by atoms with Crippen LogP contribution < -0.4 is 5.32 Å². The van der Waals surface area contributed by atoms with Gasteiger partial charge in [-0.1, -0.05) is 0 Å². The van der Waals surface area contributed by atoms with Crippen molar-refractivity contribution >= 4 is 15.5 Å². The van der Waals surface area contributed by atoms with Gasteiger partial charge in [0.25, 0.3) is 0 Å². The molecule has 8 heteroatoms. The van der Waals surface area contributed by atoms with Gasteiger partial charge >= 0.3 is 5.76 Å². The number of sulfone groups is 1. The van der Waals surface area contributed by atoms with Crippen LogP contribution in [0.15, 0.2) is 29.2 Å². The first-order chi connectivity index (χ1) is 9.75. The van der Waals surface area contributed by atoms with Crippen molar-refractivity contribution in [3.63, 3.8) is 0 Å². The Bertz CT molecular complexity index is 591. The van der Waals surface area contributed by atoms with E-state index in [0.29, 0.717) is 18.7 Å². The standard InChI is InChI=1S/C13H17F2NO4S/c1-9-13(17,6-7-20-9)8-16-10-2-4-11(5-3-10)21(18,19)12(14)15/h2-5,9,12,16-17H,6-8H2,1H3. The van der Waals surface area contributed by atoms with E-state index in [2.05, 4.69) is 5.32 Å². The molecule has 1 aliphatic heterocycles. The van der Waals surface area contributed by atoms with Crippen molar-refractivity contribution < 1.29 is 27.0 Å². The zero-order chi connectivity index (χ0) is 15.7. The fraction of sp³-hybridized carbons (Fsp3) is 0.538. The first kappa shape index (κ1) is 16.1. The number of benzene rings is 1. The van der Waals surface area contributed by atoms with Crippen LogP contribution in [0.1, 0.15) is 13.3 Å². The zero-order valence-electron chi connectivity index (χ0n) is 11.4. The van der Waals surface area contributed by atoms with Crippen LogP contribution in [0.2, 0.25) is 0 Å². The lowest BCUT2D eigenvalue weighted by Gasteiger charge is -2.26. The Morgan fingerprint density at radius 2 is 2.05 bits per heavy atom. The van der Waals surface area contributed by atoms with E-state index >= 15 is 0 Å². The highest BCUT2D eigenvalue weighted by Crippen LogP contribution is 2.26. The van der Waals surface area contributed by atoms with E-state index in [9.17, 15) is 22.3 Å². The predicted octanol–water partition coefficient (Wildman–Crippen LogP) is 1.63. The molecular weight excluding hydrogens is 304 g/mol. The minimum Gasteiger partial charge on any atom is -0.385 e. The van der Waals surface area contributed by atoms with Gasteiger partial charge < -0.3 is 15.2 Å². The van der Waals surface area contributed by atoms with Crippen LogP contribution in [-0.2, 0) is 14.6 Å². The fourth-order valence-electron chi connectivity index (χ4n) is 2.12. The van der Waals surface area contributed by atoms with Crippen molar-refractivity contribution in [2.24, 2.45) is 0 Å². The van der Waals surface area contributed by atoms with E-state index < -0.39 is 26.1 Å². The van der Waals surface area contributed by atoms with Crippen LogP contribution in [0.3, 0.4) is 0 Å². The Labute approximate surface area is 121 Å². The molecule has 0 aromatic heterocycles. The molecule has 118 valence electrons. The third-order valence-electron chi connectivity index (χ3n) is 3.68. The van der Waals surface area contributed by atoms with E-state index in [4.69, 9.17) is 4.74 Å². The Morgan fingerprint density at radius 1 is 1.43 bits per heavy atom. The number of halogens is 2. The van der Waals surface area contributed by atoms with Gasteiger partial charge in [0.05, 0.1) is 11.0 Å². The summed E-state index contributed by atoms with van der Waals surface area (Å²) in [6.07, 6.45) is 0.197. The molecule has 1 heterocycles. The van der Waals surface area contributed by atoms with Gasteiger partial charge in [-0.05, 0) is 31.2 Å². The molecule has 1 aromatic carbocycles. The second kappa shape index (κ2) is 5.86. The zero-order valence-corrected chi connectivity index (χ0v) is 12.2. The molecule has 5 nitrogen and oxygen atoms in total. The Hall–Kier alpha value is -1.25. The van der Waals surface area contributed by atoms with E-state index in [0.717, 1.165) is 12.1 Å². The average Bonchev–Trinajstić information content (AvgIpc) is 2.77. The molecule has 0 aliphatic carbocycles. The number of rotatable bonds is 5. The van der Waals surface area contributed by atoms with Gasteiger partial charge in [-0.15, -0.1) is 0 Å². The second-order valence-corrected chi connectivity index (χ2v) is 6.97. The SMILES string of the molecule is CC1OCCC1(O)CNc1ccc(S(=O)(=O)C(F)F)cc1. The summed E-state index contributed by atoms with van der Waals surface area (Å²) >= 11 is 0. The van der Waals surface area contributed by atoms with Crippen LogP contribution >= 0.6 is 0 Å². The lowest BCUT2D eigenvalue weighted by atomic mass is 9.96. The number of hydrogen-bond donors (Lipinski definition) is 2. The van der Waals surface area contributed by atoms with Crippen LogP contribution in [0.4, 0.5) is 14.5 Å². The first-order valence-corrected chi connectivity index (χ1v) is 8.00. The number of aliphatic hydroxyl groups is 1. The van der Waals surface area contributed by atoms with Gasteiger partial charge in [-0.3, -0.25) is 0 Å². The van der Waals surface area contributed by atoms with Crippen molar-refractivity contribution in [1.29, 1.82) is 0 Å². The topological polar surface area (TPSA) is 75.6 Å². The number of alkyl halides is 2. The van der Waals surface area contributed by atoms with Gasteiger partial charge in [0, 0.05) is 25.3 Å². The van der Waals surface area contributed by atoms with Crippen molar-refractivity contribution in [3.8, 4) is 0 Å². The Kier molecular flexibility index (Phi) is 4.50. The molecule has 2 rings (SSSR count). The summed E-state index contributed by atoms with van der Waals surface area (Å²) in [6.45, 7) is 2.48. The molecule has 1 aromatic rings. The molecular formula is C13H17F2NO4S. The largest absolute Gasteiger partial charge is 0.385 e. The maximum absolute atomic E-state index is 12.4. The van der Waals surface area contributed by atoms with E-state index in [1.54, 1.807) is 6.92 Å². The average molecular weight is 321 g/mol. The van der Waals surface area contributed by atoms with Gasteiger partial charge in [0.2, 0.25) is 9.84 Å². The predicted molar refractivity (Wildman–Crippen MR) is 73.1 cm³/mol. The normalized spacial score (nSPS) is 26.2. The third kappa shape index (κ3) is 3.33. The Morgan fingerprint density at radius 3 is 2.52 bits per heavy atom. The molecule has 0 radical (unpaired) electrons. The van der Waals surface area contributed by atoms with Crippen molar-refractivity contribution in [2.45, 2.75) is 35.7 Å². The van der Waals surface area contributed by atoms with Crippen molar-refractivity contribution in [1.82, 2.24) is 0 Å². The van der Waals surface area contributed by atoms with Gasteiger partial charge in [-0.2, -0.15) is 8.78 Å². The summed E-state index contributed by atoms with van der Waals surface area (Å²) in [5, 5.41) is 13.2. The van der Waals surface area contributed by atoms with Crippen molar-refractivity contribution in [3.05, 3.63) is 24.3 Å². The highest BCUT2D eigenvalue weighted by atomic mass is 32.2. The molecule has 0 amide bonds. The molecule has 1 saturated heterocycles. The maximum atomic E-state index is 12.4. The molecule has 0 saturated carbocycles. The maximum Gasteiger partial charge on any atom is 0.341 e. The smallest absolute Gasteiger partial charge is 0.341 e. The van der Waals surface area contributed by atoms with Crippen molar-refractivity contribution in [2.75, 3.05) is 18.5 Å². The van der Waals surface area contributed by atoms with Crippen LogP contribution in [0.25, 0.3) is 0 Å². The minimum absolute atomic E-state index is 0.231.